The predicted octanol–water partition coefficient (Wildman–Crippen LogP) is 4.44. The van der Waals surface area contributed by atoms with Crippen molar-refractivity contribution in [3.05, 3.63) is 70.2 Å². The Morgan fingerprint density at radius 3 is 2.81 bits per heavy atom. The van der Waals surface area contributed by atoms with Crippen LogP contribution in [0.4, 0.5) is 5.69 Å². The third kappa shape index (κ3) is 4.74. The molecule has 132 valence electrons. The first kappa shape index (κ1) is 19.3. The van der Waals surface area contributed by atoms with Crippen LogP contribution < -0.4 is 10.1 Å². The fourth-order valence-corrected chi connectivity index (χ4v) is 2.72. The van der Waals surface area contributed by atoms with Gasteiger partial charge in [-0.05, 0) is 48.4 Å². The second kappa shape index (κ2) is 8.88. The number of nitrogens with one attached hydrogen (secondary N) is 1. The van der Waals surface area contributed by atoms with Gasteiger partial charge in [-0.15, -0.1) is 6.58 Å². The molecule has 0 fully saturated rings. The molecule has 0 saturated carbocycles. The third-order valence-electron chi connectivity index (χ3n) is 3.52. The molecule has 2 aromatic carbocycles. The van der Waals surface area contributed by atoms with Gasteiger partial charge in [0, 0.05) is 15.7 Å². The fourth-order valence-electron chi connectivity index (χ4n) is 2.32. The number of nitrogens with zero attached hydrogens (tertiary/aromatic N) is 1. The standard InChI is InChI=1S/C20H17BrN2O3/c1-3-5-14-8-13(10-18(26-2)19(14)24)9-15(12-22)20(25)23-17-7-4-6-16(21)11-17/h3-4,6-11,24H,1,5H2,2H3,(H,23,25)/b15-9-. The van der Waals surface area contributed by atoms with E-state index in [4.69, 9.17) is 4.74 Å². The first-order valence-electron chi connectivity index (χ1n) is 7.68. The number of halogens is 1. The number of methoxy groups -OCH3 is 1. The summed E-state index contributed by atoms with van der Waals surface area (Å²) in [6.45, 7) is 3.65. The molecule has 0 spiro atoms. The molecule has 26 heavy (non-hydrogen) atoms. The van der Waals surface area contributed by atoms with Gasteiger partial charge in [-0.2, -0.15) is 5.26 Å². The monoisotopic (exact) mass is 412 g/mol. The molecule has 0 radical (unpaired) electrons. The molecule has 0 aliphatic rings. The van der Waals surface area contributed by atoms with Crippen molar-refractivity contribution in [1.29, 1.82) is 5.26 Å². The Hall–Kier alpha value is -3.04. The maximum atomic E-state index is 12.4. The number of carbonyl (C=O) groups excluding carboxylic acids is 1. The van der Waals surface area contributed by atoms with E-state index in [9.17, 15) is 15.2 Å². The summed E-state index contributed by atoms with van der Waals surface area (Å²) in [5, 5.41) is 22.2. The lowest BCUT2D eigenvalue weighted by atomic mass is 10.0. The molecule has 0 unspecified atom stereocenters. The summed E-state index contributed by atoms with van der Waals surface area (Å²) in [5.74, 6) is -0.246. The molecular formula is C20H17BrN2O3. The van der Waals surface area contributed by atoms with Crippen LogP contribution in [0, 0.1) is 11.3 Å². The van der Waals surface area contributed by atoms with E-state index in [1.165, 1.54) is 13.2 Å². The van der Waals surface area contributed by atoms with Crippen LogP contribution in [0.3, 0.4) is 0 Å². The highest BCUT2D eigenvalue weighted by atomic mass is 79.9. The summed E-state index contributed by atoms with van der Waals surface area (Å²) < 4.78 is 5.97. The number of hydrogen-bond donors (Lipinski definition) is 2. The lowest BCUT2D eigenvalue weighted by Gasteiger charge is -2.10. The quantitative estimate of drug-likeness (QED) is 0.417. The molecule has 6 heteroatoms. The number of allylic oxidation sites excluding steroid dienone is 1. The smallest absolute Gasteiger partial charge is 0.266 e. The maximum absolute atomic E-state index is 12.4. The van der Waals surface area contributed by atoms with E-state index >= 15 is 0 Å². The van der Waals surface area contributed by atoms with Crippen molar-refractivity contribution in [2.24, 2.45) is 0 Å². The number of carbonyl (C=O) groups is 1. The van der Waals surface area contributed by atoms with Gasteiger partial charge in [-0.3, -0.25) is 4.79 Å². The molecule has 5 nitrogen and oxygen atoms in total. The van der Waals surface area contributed by atoms with Crippen molar-refractivity contribution in [1.82, 2.24) is 0 Å². The van der Waals surface area contributed by atoms with Crippen LogP contribution in [-0.4, -0.2) is 18.1 Å². The van der Waals surface area contributed by atoms with E-state index < -0.39 is 5.91 Å². The summed E-state index contributed by atoms with van der Waals surface area (Å²) in [4.78, 5) is 12.4. The van der Waals surface area contributed by atoms with Crippen LogP contribution in [0.15, 0.2) is 59.1 Å². The third-order valence-corrected chi connectivity index (χ3v) is 4.01. The van der Waals surface area contributed by atoms with Crippen molar-refractivity contribution in [2.75, 3.05) is 12.4 Å². The minimum atomic E-state index is -0.525. The number of rotatable bonds is 6. The second-order valence-electron chi connectivity index (χ2n) is 5.36. The molecule has 2 rings (SSSR count). The number of aromatic hydroxyl groups is 1. The van der Waals surface area contributed by atoms with Crippen LogP contribution in [-0.2, 0) is 11.2 Å². The lowest BCUT2D eigenvalue weighted by Crippen LogP contribution is -2.13. The summed E-state index contributed by atoms with van der Waals surface area (Å²) >= 11 is 3.33. The number of amides is 1. The molecule has 0 heterocycles. The molecule has 0 atom stereocenters. The number of hydrogen-bond acceptors (Lipinski definition) is 4. The molecule has 0 saturated heterocycles. The molecule has 2 N–H and O–H groups in total. The van der Waals surface area contributed by atoms with Crippen molar-refractivity contribution >= 4 is 33.6 Å². The topological polar surface area (TPSA) is 82.4 Å². The first-order chi connectivity index (χ1) is 12.5. The van der Waals surface area contributed by atoms with Crippen LogP contribution in [0.1, 0.15) is 11.1 Å². The number of phenolic OH excluding ortho intramolecular Hbond substituents is 1. The van der Waals surface area contributed by atoms with E-state index in [2.05, 4.69) is 27.8 Å². The van der Waals surface area contributed by atoms with Crippen LogP contribution in [0.2, 0.25) is 0 Å². The van der Waals surface area contributed by atoms with Gasteiger partial charge < -0.3 is 15.2 Å². The molecule has 0 bridgehead atoms. The van der Waals surface area contributed by atoms with Crippen LogP contribution in [0.5, 0.6) is 11.5 Å². The Bertz CT molecular complexity index is 914. The van der Waals surface area contributed by atoms with Crippen molar-refractivity contribution in [3.63, 3.8) is 0 Å². The zero-order valence-electron chi connectivity index (χ0n) is 14.1. The van der Waals surface area contributed by atoms with E-state index in [-0.39, 0.29) is 17.1 Å². The minimum Gasteiger partial charge on any atom is -0.504 e. The maximum Gasteiger partial charge on any atom is 0.266 e. The van der Waals surface area contributed by atoms with Gasteiger partial charge in [-0.1, -0.05) is 28.1 Å². The summed E-state index contributed by atoms with van der Waals surface area (Å²) in [6, 6.07) is 12.2. The highest BCUT2D eigenvalue weighted by Gasteiger charge is 2.13. The van der Waals surface area contributed by atoms with Crippen molar-refractivity contribution in [3.8, 4) is 17.6 Å². The minimum absolute atomic E-state index is 0.0154. The van der Waals surface area contributed by atoms with E-state index in [1.54, 1.807) is 36.4 Å². The Balaban J connectivity index is 2.35. The average molecular weight is 413 g/mol. The zero-order valence-corrected chi connectivity index (χ0v) is 15.7. The van der Waals surface area contributed by atoms with Gasteiger partial charge >= 0.3 is 0 Å². The van der Waals surface area contributed by atoms with Gasteiger partial charge in [-0.25, -0.2) is 0 Å². The normalized spacial score (nSPS) is 10.7. The molecule has 0 aliphatic carbocycles. The highest BCUT2D eigenvalue weighted by Crippen LogP contribution is 2.32. The molecule has 0 aliphatic heterocycles. The number of anilines is 1. The SMILES string of the molecule is C=CCc1cc(/C=C(/C#N)C(=O)Nc2cccc(Br)c2)cc(OC)c1O. The predicted molar refractivity (Wildman–Crippen MR) is 105 cm³/mol. The van der Waals surface area contributed by atoms with E-state index in [1.807, 2.05) is 12.1 Å². The fraction of sp³-hybridized carbons (Fsp3) is 0.100. The summed E-state index contributed by atoms with van der Waals surface area (Å²) in [5.41, 5.74) is 1.66. The molecule has 2 aromatic rings. The lowest BCUT2D eigenvalue weighted by molar-refractivity contribution is -0.112. The van der Waals surface area contributed by atoms with E-state index in [0.717, 1.165) is 4.47 Å². The molecule has 0 aromatic heterocycles. The number of nitriles is 1. The van der Waals surface area contributed by atoms with Gasteiger partial charge in [0.15, 0.2) is 11.5 Å². The summed E-state index contributed by atoms with van der Waals surface area (Å²) in [6.07, 6.45) is 3.52. The van der Waals surface area contributed by atoms with Gasteiger partial charge in [0.05, 0.1) is 7.11 Å². The van der Waals surface area contributed by atoms with Crippen molar-refractivity contribution in [2.45, 2.75) is 6.42 Å². The largest absolute Gasteiger partial charge is 0.504 e. The summed E-state index contributed by atoms with van der Waals surface area (Å²) in [7, 11) is 1.44. The first-order valence-corrected chi connectivity index (χ1v) is 8.47. The van der Waals surface area contributed by atoms with Gasteiger partial charge in [0.2, 0.25) is 0 Å². The van der Waals surface area contributed by atoms with Crippen LogP contribution in [0.25, 0.3) is 6.08 Å². The molecular weight excluding hydrogens is 396 g/mol. The molecule has 1 amide bonds. The highest BCUT2D eigenvalue weighted by molar-refractivity contribution is 9.10. The second-order valence-corrected chi connectivity index (χ2v) is 6.27. The Morgan fingerprint density at radius 1 is 1.42 bits per heavy atom. The Labute approximate surface area is 160 Å². The Kier molecular flexibility index (Phi) is 6.59. The zero-order chi connectivity index (χ0) is 19.1. The average Bonchev–Trinajstić information content (AvgIpc) is 2.62. The van der Waals surface area contributed by atoms with Crippen molar-refractivity contribution < 1.29 is 14.6 Å². The van der Waals surface area contributed by atoms with Gasteiger partial charge in [0.25, 0.3) is 5.91 Å². The Morgan fingerprint density at radius 2 is 2.19 bits per heavy atom. The number of benzene rings is 2. The van der Waals surface area contributed by atoms with Gasteiger partial charge in [0.1, 0.15) is 11.6 Å². The van der Waals surface area contributed by atoms with Crippen LogP contribution >= 0.6 is 15.9 Å². The number of phenols is 1. The van der Waals surface area contributed by atoms with E-state index in [0.29, 0.717) is 23.2 Å². The number of ether oxygens (including phenoxy) is 1.